The van der Waals surface area contributed by atoms with E-state index in [9.17, 15) is 4.79 Å². The summed E-state index contributed by atoms with van der Waals surface area (Å²) >= 11 is 0. The molecular formula is C24H31N3O2. The molecule has 2 fully saturated rings. The summed E-state index contributed by atoms with van der Waals surface area (Å²) in [4.78, 5) is 20.7. The number of pyridine rings is 1. The average Bonchev–Trinajstić information content (AvgIpc) is 3.16. The highest BCUT2D eigenvalue weighted by atomic mass is 16.5. The van der Waals surface area contributed by atoms with Gasteiger partial charge in [0.15, 0.2) is 0 Å². The summed E-state index contributed by atoms with van der Waals surface area (Å²) in [6, 6.07) is 16.2. The predicted octanol–water partition coefficient (Wildman–Crippen LogP) is 3.47. The fraction of sp³-hybridized carbons (Fsp3) is 0.500. The van der Waals surface area contributed by atoms with Crippen molar-refractivity contribution in [2.24, 2.45) is 17.8 Å². The number of amides is 1. The Morgan fingerprint density at radius 1 is 1.07 bits per heavy atom. The molecule has 0 bridgehead atoms. The van der Waals surface area contributed by atoms with Gasteiger partial charge in [-0.05, 0) is 48.9 Å². The minimum absolute atomic E-state index is 0.204. The number of hydrogen-bond acceptors (Lipinski definition) is 4. The molecule has 0 N–H and O–H groups in total. The Morgan fingerprint density at radius 3 is 2.52 bits per heavy atom. The molecule has 4 rings (SSSR count). The van der Waals surface area contributed by atoms with Gasteiger partial charge in [-0.1, -0.05) is 24.3 Å². The summed E-state index contributed by atoms with van der Waals surface area (Å²) in [5.74, 6) is 2.92. The Kier molecular flexibility index (Phi) is 6.45. The van der Waals surface area contributed by atoms with Gasteiger partial charge in [0.25, 0.3) is 0 Å². The second-order valence-corrected chi connectivity index (χ2v) is 8.41. The summed E-state index contributed by atoms with van der Waals surface area (Å²) in [6.07, 6.45) is 4.07. The Morgan fingerprint density at radius 2 is 1.83 bits per heavy atom. The fourth-order valence-electron chi connectivity index (χ4n) is 4.91. The van der Waals surface area contributed by atoms with Gasteiger partial charge < -0.3 is 9.64 Å². The van der Waals surface area contributed by atoms with Crippen molar-refractivity contribution < 1.29 is 9.53 Å². The lowest BCUT2D eigenvalue weighted by molar-refractivity contribution is -0.130. The van der Waals surface area contributed by atoms with Gasteiger partial charge in [-0.3, -0.25) is 14.7 Å². The molecule has 5 heteroatoms. The van der Waals surface area contributed by atoms with Crippen LogP contribution in [-0.4, -0.2) is 53.5 Å². The fourth-order valence-corrected chi connectivity index (χ4v) is 4.91. The Labute approximate surface area is 173 Å². The van der Waals surface area contributed by atoms with E-state index in [2.05, 4.69) is 22.0 Å². The number of rotatable bonds is 6. The van der Waals surface area contributed by atoms with Crippen molar-refractivity contribution >= 4 is 5.91 Å². The molecule has 3 heterocycles. The molecule has 0 spiro atoms. The molecule has 0 aliphatic carbocycles. The van der Waals surface area contributed by atoms with Crippen LogP contribution in [0.15, 0.2) is 54.7 Å². The third kappa shape index (κ3) is 5.15. The number of carbonyl (C=O) groups excluding carboxylic acids is 1. The van der Waals surface area contributed by atoms with Crippen molar-refractivity contribution in [2.75, 3.05) is 32.8 Å². The molecule has 29 heavy (non-hydrogen) atoms. The lowest BCUT2D eigenvalue weighted by Gasteiger charge is -2.36. The molecule has 2 aliphatic rings. The van der Waals surface area contributed by atoms with Gasteiger partial charge in [0.1, 0.15) is 5.75 Å². The van der Waals surface area contributed by atoms with E-state index < -0.39 is 0 Å². The van der Waals surface area contributed by atoms with E-state index in [-0.39, 0.29) is 5.91 Å². The van der Waals surface area contributed by atoms with Crippen LogP contribution >= 0.6 is 0 Å². The van der Waals surface area contributed by atoms with E-state index in [0.29, 0.717) is 17.8 Å². The Balaban J connectivity index is 1.41. The molecule has 0 radical (unpaired) electrons. The number of aromatic nitrogens is 1. The van der Waals surface area contributed by atoms with Crippen LogP contribution < -0.4 is 4.74 Å². The van der Waals surface area contributed by atoms with Crippen molar-refractivity contribution in [3.8, 4) is 5.75 Å². The zero-order chi connectivity index (χ0) is 20.1. The molecule has 0 saturated carbocycles. The number of hydrogen-bond donors (Lipinski definition) is 0. The molecule has 5 nitrogen and oxygen atoms in total. The second kappa shape index (κ2) is 9.40. The van der Waals surface area contributed by atoms with Gasteiger partial charge in [0.05, 0.1) is 12.3 Å². The molecule has 1 amide bonds. The number of para-hydroxylation sites is 1. The highest BCUT2D eigenvalue weighted by molar-refractivity contribution is 5.73. The number of ether oxygens (including phenoxy) is 1. The van der Waals surface area contributed by atoms with Crippen molar-refractivity contribution in [2.45, 2.75) is 26.3 Å². The van der Waals surface area contributed by atoms with Gasteiger partial charge in [0.2, 0.25) is 5.91 Å². The monoisotopic (exact) mass is 393 g/mol. The van der Waals surface area contributed by atoms with E-state index in [0.717, 1.165) is 63.6 Å². The average molecular weight is 394 g/mol. The predicted molar refractivity (Wildman–Crippen MR) is 113 cm³/mol. The van der Waals surface area contributed by atoms with Gasteiger partial charge in [0, 0.05) is 51.8 Å². The largest absolute Gasteiger partial charge is 0.493 e. The van der Waals surface area contributed by atoms with Crippen LogP contribution in [0.3, 0.4) is 0 Å². The number of piperidine rings is 1. The summed E-state index contributed by atoms with van der Waals surface area (Å²) in [5.41, 5.74) is 1.13. The minimum atomic E-state index is 0.204. The Bertz CT molecular complexity index is 775. The number of likely N-dealkylation sites (tertiary alicyclic amines) is 2. The normalized spacial score (nSPS) is 23.3. The zero-order valence-corrected chi connectivity index (χ0v) is 17.2. The molecule has 2 saturated heterocycles. The third-order valence-electron chi connectivity index (χ3n) is 6.48. The van der Waals surface area contributed by atoms with E-state index in [1.165, 1.54) is 0 Å². The van der Waals surface area contributed by atoms with Crippen molar-refractivity contribution in [1.29, 1.82) is 0 Å². The molecule has 154 valence electrons. The zero-order valence-electron chi connectivity index (χ0n) is 17.2. The van der Waals surface area contributed by atoms with E-state index in [1.54, 1.807) is 6.92 Å². The number of carbonyl (C=O) groups is 1. The number of nitrogens with zero attached hydrogens (tertiary/aromatic N) is 3. The Hall–Kier alpha value is -2.40. The van der Waals surface area contributed by atoms with Gasteiger partial charge in [-0.25, -0.2) is 0 Å². The molecule has 2 unspecified atom stereocenters. The highest BCUT2D eigenvalue weighted by Gasteiger charge is 2.39. The van der Waals surface area contributed by atoms with Gasteiger partial charge in [-0.15, -0.1) is 0 Å². The maximum atomic E-state index is 11.7. The maximum absolute atomic E-state index is 11.7. The summed E-state index contributed by atoms with van der Waals surface area (Å²) in [6.45, 7) is 7.24. The lowest BCUT2D eigenvalue weighted by atomic mass is 9.78. The van der Waals surface area contributed by atoms with Crippen LogP contribution in [0.1, 0.15) is 25.5 Å². The van der Waals surface area contributed by atoms with Crippen LogP contribution in [0, 0.1) is 17.8 Å². The van der Waals surface area contributed by atoms with Crippen molar-refractivity contribution in [3.63, 3.8) is 0 Å². The summed E-state index contributed by atoms with van der Waals surface area (Å²) in [7, 11) is 0. The summed E-state index contributed by atoms with van der Waals surface area (Å²) in [5, 5.41) is 0. The lowest BCUT2D eigenvalue weighted by Crippen LogP contribution is -2.40. The van der Waals surface area contributed by atoms with E-state index >= 15 is 0 Å². The first kappa shape index (κ1) is 19.9. The highest BCUT2D eigenvalue weighted by Crippen LogP contribution is 2.36. The number of benzene rings is 1. The molecule has 2 aromatic rings. The quantitative estimate of drug-likeness (QED) is 0.754. The van der Waals surface area contributed by atoms with E-state index in [4.69, 9.17) is 4.74 Å². The first-order valence-corrected chi connectivity index (χ1v) is 10.7. The summed E-state index contributed by atoms with van der Waals surface area (Å²) < 4.78 is 6.16. The first-order chi connectivity index (χ1) is 14.2. The van der Waals surface area contributed by atoms with Gasteiger partial charge in [-0.2, -0.15) is 0 Å². The van der Waals surface area contributed by atoms with Crippen molar-refractivity contribution in [1.82, 2.24) is 14.8 Å². The van der Waals surface area contributed by atoms with Crippen LogP contribution in [0.5, 0.6) is 5.75 Å². The third-order valence-corrected chi connectivity index (χ3v) is 6.48. The van der Waals surface area contributed by atoms with E-state index in [1.807, 2.05) is 47.5 Å². The molecule has 1 aromatic carbocycles. The molecule has 2 atom stereocenters. The van der Waals surface area contributed by atoms with Crippen LogP contribution in [-0.2, 0) is 11.3 Å². The standard InChI is InChI=1S/C24H31N3O2/c1-19(28)27-13-10-20(11-14-27)24-17-26(16-22-7-5-6-12-25-22)15-21(24)18-29-23-8-3-2-4-9-23/h2-9,12,20-21,24H,10-11,13-18H2,1H3. The van der Waals surface area contributed by atoms with Crippen molar-refractivity contribution in [3.05, 3.63) is 60.4 Å². The smallest absolute Gasteiger partial charge is 0.219 e. The molecule has 1 aromatic heterocycles. The van der Waals surface area contributed by atoms with Crippen LogP contribution in [0.4, 0.5) is 0 Å². The molecular weight excluding hydrogens is 362 g/mol. The van der Waals surface area contributed by atoms with Crippen LogP contribution in [0.25, 0.3) is 0 Å². The second-order valence-electron chi connectivity index (χ2n) is 8.41. The maximum Gasteiger partial charge on any atom is 0.219 e. The first-order valence-electron chi connectivity index (χ1n) is 10.7. The molecule has 2 aliphatic heterocycles. The van der Waals surface area contributed by atoms with Crippen LogP contribution in [0.2, 0.25) is 0 Å². The van der Waals surface area contributed by atoms with Gasteiger partial charge >= 0.3 is 0 Å². The minimum Gasteiger partial charge on any atom is -0.493 e. The SMILES string of the molecule is CC(=O)N1CCC(C2CN(Cc3ccccn3)CC2COc2ccccc2)CC1. The topological polar surface area (TPSA) is 45.7 Å².